The van der Waals surface area contributed by atoms with Crippen LogP contribution in [-0.2, 0) is 4.74 Å². The maximum absolute atomic E-state index is 12.2. The molecule has 0 bridgehead atoms. The van der Waals surface area contributed by atoms with E-state index in [0.717, 1.165) is 5.82 Å². The van der Waals surface area contributed by atoms with E-state index in [9.17, 15) is 4.79 Å². The van der Waals surface area contributed by atoms with E-state index in [-0.39, 0.29) is 12.1 Å². The van der Waals surface area contributed by atoms with Crippen LogP contribution in [0.3, 0.4) is 0 Å². The van der Waals surface area contributed by atoms with E-state index in [0.29, 0.717) is 32.1 Å². The second-order valence-electron chi connectivity index (χ2n) is 6.62. The quantitative estimate of drug-likeness (QED) is 0.851. The molecule has 1 atom stereocenters. The van der Waals surface area contributed by atoms with Gasteiger partial charge >= 0.3 is 6.09 Å². The van der Waals surface area contributed by atoms with Gasteiger partial charge in [0.05, 0.1) is 6.61 Å². The normalized spacial score (nSPS) is 18.7. The molecule has 0 unspecified atom stereocenters. The summed E-state index contributed by atoms with van der Waals surface area (Å²) in [7, 11) is 0. The maximum Gasteiger partial charge on any atom is 0.410 e. The Labute approximate surface area is 137 Å². The third kappa shape index (κ3) is 4.71. The van der Waals surface area contributed by atoms with Crippen molar-refractivity contribution >= 4 is 11.9 Å². The van der Waals surface area contributed by atoms with Crippen molar-refractivity contribution in [1.82, 2.24) is 14.9 Å². The fourth-order valence-corrected chi connectivity index (χ4v) is 2.50. The molecule has 0 radical (unpaired) electrons. The average molecular weight is 322 g/mol. The van der Waals surface area contributed by atoms with Crippen LogP contribution in [0.5, 0.6) is 5.88 Å². The SMILES string of the molecule is CCOc1cc(N2CCN(C(=O)OC(C)(C)C)C[C@@H]2C)ncn1. The molecule has 7 nitrogen and oxygen atoms in total. The molecule has 2 heterocycles. The standard InChI is InChI=1S/C16H26N4O3/c1-6-22-14-9-13(17-11-18-14)20-8-7-19(10-12(20)2)15(21)23-16(3,4)5/h9,11-12H,6-8,10H2,1-5H3/t12-/m0/s1. The molecule has 1 aromatic heterocycles. The van der Waals surface area contributed by atoms with E-state index < -0.39 is 5.60 Å². The molecule has 0 spiro atoms. The van der Waals surface area contributed by atoms with Crippen LogP contribution in [0.25, 0.3) is 0 Å². The van der Waals surface area contributed by atoms with Crippen LogP contribution in [0.4, 0.5) is 10.6 Å². The lowest BCUT2D eigenvalue weighted by atomic mass is 10.2. The van der Waals surface area contributed by atoms with Gasteiger partial charge < -0.3 is 19.3 Å². The highest BCUT2D eigenvalue weighted by atomic mass is 16.6. The average Bonchev–Trinajstić information content (AvgIpc) is 2.46. The Morgan fingerprint density at radius 2 is 2.09 bits per heavy atom. The lowest BCUT2D eigenvalue weighted by Crippen LogP contribution is -2.54. The molecule has 1 saturated heterocycles. The summed E-state index contributed by atoms with van der Waals surface area (Å²) in [4.78, 5) is 24.5. The van der Waals surface area contributed by atoms with Crippen LogP contribution in [0.15, 0.2) is 12.4 Å². The van der Waals surface area contributed by atoms with E-state index >= 15 is 0 Å². The second kappa shape index (κ2) is 7.02. The molecule has 1 aliphatic heterocycles. The van der Waals surface area contributed by atoms with E-state index in [1.54, 1.807) is 4.90 Å². The molecule has 2 rings (SSSR count). The fourth-order valence-electron chi connectivity index (χ4n) is 2.50. The van der Waals surface area contributed by atoms with Gasteiger partial charge in [-0.15, -0.1) is 0 Å². The van der Waals surface area contributed by atoms with Gasteiger partial charge in [-0.3, -0.25) is 0 Å². The molecule has 1 aliphatic rings. The molecular weight excluding hydrogens is 296 g/mol. The number of nitrogens with zero attached hydrogens (tertiary/aromatic N) is 4. The van der Waals surface area contributed by atoms with E-state index in [1.807, 2.05) is 33.8 Å². The van der Waals surface area contributed by atoms with Crippen molar-refractivity contribution in [2.24, 2.45) is 0 Å². The Morgan fingerprint density at radius 3 is 2.70 bits per heavy atom. The molecule has 23 heavy (non-hydrogen) atoms. The molecule has 0 N–H and O–H groups in total. The third-order valence-corrected chi connectivity index (χ3v) is 3.49. The fraction of sp³-hybridized carbons (Fsp3) is 0.688. The van der Waals surface area contributed by atoms with Gasteiger partial charge in [-0.1, -0.05) is 0 Å². The zero-order valence-electron chi connectivity index (χ0n) is 14.6. The van der Waals surface area contributed by atoms with Crippen LogP contribution in [-0.4, -0.2) is 58.8 Å². The monoisotopic (exact) mass is 322 g/mol. The van der Waals surface area contributed by atoms with Crippen molar-refractivity contribution < 1.29 is 14.3 Å². The maximum atomic E-state index is 12.2. The summed E-state index contributed by atoms with van der Waals surface area (Å²) in [6.45, 7) is 12.1. The van der Waals surface area contributed by atoms with Gasteiger partial charge in [0.15, 0.2) is 0 Å². The Bertz CT molecular complexity index is 544. The number of rotatable bonds is 3. The Kier molecular flexibility index (Phi) is 5.28. The third-order valence-electron chi connectivity index (χ3n) is 3.49. The van der Waals surface area contributed by atoms with Crippen LogP contribution in [0, 0.1) is 0 Å². The lowest BCUT2D eigenvalue weighted by Gasteiger charge is -2.40. The van der Waals surface area contributed by atoms with Gasteiger partial charge in [-0.25, -0.2) is 14.8 Å². The highest BCUT2D eigenvalue weighted by Gasteiger charge is 2.30. The van der Waals surface area contributed by atoms with Crippen molar-refractivity contribution in [2.75, 3.05) is 31.1 Å². The first-order chi connectivity index (χ1) is 10.8. The largest absolute Gasteiger partial charge is 0.478 e. The topological polar surface area (TPSA) is 67.8 Å². The van der Waals surface area contributed by atoms with Crippen molar-refractivity contribution in [1.29, 1.82) is 0 Å². The Balaban J connectivity index is 2.01. The predicted octanol–water partition coefficient (Wildman–Crippen LogP) is 2.32. The number of ether oxygens (including phenoxy) is 2. The van der Waals surface area contributed by atoms with Gasteiger partial charge in [0.1, 0.15) is 17.7 Å². The Morgan fingerprint density at radius 1 is 1.35 bits per heavy atom. The number of hydrogen-bond donors (Lipinski definition) is 0. The van der Waals surface area contributed by atoms with Crippen molar-refractivity contribution in [3.8, 4) is 5.88 Å². The van der Waals surface area contributed by atoms with Crippen LogP contribution in [0.1, 0.15) is 34.6 Å². The van der Waals surface area contributed by atoms with Gasteiger partial charge in [-0.05, 0) is 34.6 Å². The number of anilines is 1. The molecule has 7 heteroatoms. The number of aromatic nitrogens is 2. The summed E-state index contributed by atoms with van der Waals surface area (Å²) < 4.78 is 10.9. The number of hydrogen-bond acceptors (Lipinski definition) is 6. The van der Waals surface area contributed by atoms with Gasteiger partial charge in [-0.2, -0.15) is 0 Å². The molecular formula is C16H26N4O3. The zero-order chi connectivity index (χ0) is 17.0. The van der Waals surface area contributed by atoms with E-state index in [4.69, 9.17) is 9.47 Å². The molecule has 1 aromatic rings. The minimum absolute atomic E-state index is 0.139. The highest BCUT2D eigenvalue weighted by Crippen LogP contribution is 2.22. The molecule has 1 fully saturated rings. The molecule has 0 aromatic carbocycles. The van der Waals surface area contributed by atoms with Crippen LogP contribution in [0.2, 0.25) is 0 Å². The summed E-state index contributed by atoms with van der Waals surface area (Å²) in [5.74, 6) is 1.39. The summed E-state index contributed by atoms with van der Waals surface area (Å²) in [6.07, 6.45) is 1.24. The van der Waals surface area contributed by atoms with Gasteiger partial charge in [0, 0.05) is 31.7 Å². The summed E-state index contributed by atoms with van der Waals surface area (Å²) in [6, 6.07) is 1.98. The molecule has 1 amide bonds. The second-order valence-corrected chi connectivity index (χ2v) is 6.62. The van der Waals surface area contributed by atoms with Crippen LogP contribution < -0.4 is 9.64 Å². The van der Waals surface area contributed by atoms with Gasteiger partial charge in [0.2, 0.25) is 5.88 Å². The lowest BCUT2D eigenvalue weighted by molar-refractivity contribution is 0.0218. The number of piperazine rings is 1. The Hall–Kier alpha value is -2.05. The van der Waals surface area contributed by atoms with Crippen molar-refractivity contribution in [3.05, 3.63) is 12.4 Å². The van der Waals surface area contributed by atoms with Crippen molar-refractivity contribution in [3.63, 3.8) is 0 Å². The first-order valence-electron chi connectivity index (χ1n) is 7.99. The zero-order valence-corrected chi connectivity index (χ0v) is 14.6. The minimum Gasteiger partial charge on any atom is -0.478 e. The highest BCUT2D eigenvalue weighted by molar-refractivity contribution is 5.68. The summed E-state index contributed by atoms with van der Waals surface area (Å²) in [5, 5.41) is 0. The van der Waals surface area contributed by atoms with E-state index in [1.165, 1.54) is 6.33 Å². The summed E-state index contributed by atoms with van der Waals surface area (Å²) in [5.41, 5.74) is -0.476. The van der Waals surface area contributed by atoms with Crippen LogP contribution >= 0.6 is 0 Å². The smallest absolute Gasteiger partial charge is 0.410 e. The van der Waals surface area contributed by atoms with E-state index in [2.05, 4.69) is 21.8 Å². The molecule has 0 aliphatic carbocycles. The van der Waals surface area contributed by atoms with Crippen molar-refractivity contribution in [2.45, 2.75) is 46.3 Å². The van der Waals surface area contributed by atoms with Gasteiger partial charge in [0.25, 0.3) is 0 Å². The minimum atomic E-state index is -0.476. The molecule has 0 saturated carbocycles. The molecule has 128 valence electrons. The number of carbonyl (C=O) groups excluding carboxylic acids is 1. The number of carbonyl (C=O) groups is 1. The first kappa shape index (κ1) is 17.3. The predicted molar refractivity (Wildman–Crippen MR) is 87.8 cm³/mol. The number of amides is 1. The summed E-state index contributed by atoms with van der Waals surface area (Å²) >= 11 is 0. The first-order valence-corrected chi connectivity index (χ1v) is 7.99.